The van der Waals surface area contributed by atoms with E-state index in [-0.39, 0.29) is 0 Å². The highest BCUT2D eigenvalue weighted by molar-refractivity contribution is 5.46. The number of nitrogens with two attached hydrogens (primary N) is 1. The summed E-state index contributed by atoms with van der Waals surface area (Å²) in [7, 11) is 0. The fourth-order valence-corrected chi connectivity index (χ4v) is 1.77. The van der Waals surface area contributed by atoms with Crippen LogP contribution in [0.3, 0.4) is 0 Å². The number of anilines is 1. The molecule has 2 rings (SSSR count). The van der Waals surface area contributed by atoms with Crippen molar-refractivity contribution >= 4 is 5.69 Å². The molecule has 2 aromatic rings. The van der Waals surface area contributed by atoms with Crippen LogP contribution in [0.5, 0.6) is 11.5 Å². The first kappa shape index (κ1) is 13.3. The van der Waals surface area contributed by atoms with Crippen LogP contribution in [0.2, 0.25) is 0 Å². The molecule has 0 saturated carbocycles. The van der Waals surface area contributed by atoms with Gasteiger partial charge in [-0.2, -0.15) is 5.10 Å². The molecule has 0 amide bonds. The summed E-state index contributed by atoms with van der Waals surface area (Å²) in [4.78, 5) is 0. The van der Waals surface area contributed by atoms with Crippen molar-refractivity contribution < 1.29 is 9.47 Å². The van der Waals surface area contributed by atoms with Gasteiger partial charge in [0, 0.05) is 0 Å². The predicted octanol–water partition coefficient (Wildman–Crippen LogP) is 2.52. The molecule has 1 aromatic carbocycles. The molecular weight excluding hydrogens is 242 g/mol. The summed E-state index contributed by atoms with van der Waals surface area (Å²) in [5.41, 5.74) is 8.33. The minimum Gasteiger partial charge on any atom is -0.494 e. The van der Waals surface area contributed by atoms with Crippen LogP contribution in [-0.4, -0.2) is 16.4 Å². The maximum Gasteiger partial charge on any atom is 0.181 e. The number of benzene rings is 1. The van der Waals surface area contributed by atoms with Crippen molar-refractivity contribution in [2.45, 2.75) is 27.5 Å². The number of ether oxygens (including phenoxy) is 2. The van der Waals surface area contributed by atoms with E-state index in [9.17, 15) is 0 Å². The predicted molar refractivity (Wildman–Crippen MR) is 74.4 cm³/mol. The van der Waals surface area contributed by atoms with Crippen molar-refractivity contribution in [3.8, 4) is 11.5 Å². The minimum atomic E-state index is 0.345. The van der Waals surface area contributed by atoms with Gasteiger partial charge in [-0.05, 0) is 45.0 Å². The highest BCUT2D eigenvalue weighted by atomic mass is 16.5. The Labute approximate surface area is 112 Å². The first-order chi connectivity index (χ1) is 9.11. The molecule has 0 bridgehead atoms. The van der Waals surface area contributed by atoms with Crippen molar-refractivity contribution in [3.63, 3.8) is 0 Å². The van der Waals surface area contributed by atoms with E-state index in [1.165, 1.54) is 0 Å². The Morgan fingerprint density at radius 2 is 1.68 bits per heavy atom. The Balaban J connectivity index is 2.00. The minimum absolute atomic E-state index is 0.345. The van der Waals surface area contributed by atoms with Crippen molar-refractivity contribution in [2.24, 2.45) is 0 Å². The Morgan fingerprint density at radius 1 is 1.11 bits per heavy atom. The molecule has 102 valence electrons. The maximum absolute atomic E-state index is 5.87. The number of nitrogen functional groups attached to an aromatic ring is 1. The fraction of sp³-hybridized carbons (Fsp3) is 0.357. The van der Waals surface area contributed by atoms with Crippen molar-refractivity contribution in [1.82, 2.24) is 9.78 Å². The second-order valence-corrected chi connectivity index (χ2v) is 4.26. The van der Waals surface area contributed by atoms with E-state index in [2.05, 4.69) is 5.10 Å². The number of hydrogen-bond donors (Lipinski definition) is 1. The first-order valence-corrected chi connectivity index (χ1v) is 6.27. The fourth-order valence-electron chi connectivity index (χ4n) is 1.77. The third-order valence-corrected chi connectivity index (χ3v) is 2.93. The van der Waals surface area contributed by atoms with Gasteiger partial charge in [0.15, 0.2) is 6.73 Å². The van der Waals surface area contributed by atoms with Crippen molar-refractivity contribution in [2.75, 3.05) is 12.3 Å². The lowest BCUT2D eigenvalue weighted by atomic mass is 10.3. The lowest BCUT2D eigenvalue weighted by Gasteiger charge is -2.09. The molecule has 0 atom stereocenters. The molecule has 0 spiro atoms. The van der Waals surface area contributed by atoms with E-state index < -0.39 is 0 Å². The number of nitrogens with zero attached hydrogens (tertiary/aromatic N) is 2. The highest BCUT2D eigenvalue weighted by Crippen LogP contribution is 2.19. The number of aromatic nitrogens is 2. The van der Waals surface area contributed by atoms with Crippen LogP contribution in [0.25, 0.3) is 0 Å². The SMILES string of the molecule is CCOc1ccc(OCn2nc(C)c(N)c2C)cc1. The lowest BCUT2D eigenvalue weighted by molar-refractivity contribution is 0.217. The zero-order valence-corrected chi connectivity index (χ0v) is 11.5. The summed E-state index contributed by atoms with van der Waals surface area (Å²) in [5.74, 6) is 1.61. The van der Waals surface area contributed by atoms with Gasteiger partial charge in [-0.1, -0.05) is 0 Å². The van der Waals surface area contributed by atoms with Gasteiger partial charge in [-0.25, -0.2) is 4.68 Å². The lowest BCUT2D eigenvalue weighted by Crippen LogP contribution is -2.08. The topological polar surface area (TPSA) is 62.3 Å². The Morgan fingerprint density at radius 3 is 2.16 bits per heavy atom. The van der Waals surface area contributed by atoms with E-state index in [1.807, 2.05) is 45.0 Å². The molecule has 0 unspecified atom stereocenters. The average molecular weight is 261 g/mol. The van der Waals surface area contributed by atoms with E-state index in [1.54, 1.807) is 4.68 Å². The zero-order chi connectivity index (χ0) is 13.8. The van der Waals surface area contributed by atoms with Gasteiger partial charge < -0.3 is 15.2 Å². The molecule has 0 saturated heterocycles. The summed E-state index contributed by atoms with van der Waals surface area (Å²) in [6.45, 7) is 6.77. The summed E-state index contributed by atoms with van der Waals surface area (Å²) in [5, 5.41) is 4.31. The van der Waals surface area contributed by atoms with Gasteiger partial charge in [0.05, 0.1) is 23.7 Å². The standard InChI is InChI=1S/C14H19N3O2/c1-4-18-12-5-7-13(8-6-12)19-9-17-11(3)14(15)10(2)16-17/h5-8H,4,9,15H2,1-3H3. The van der Waals surface area contributed by atoms with Crippen molar-refractivity contribution in [1.29, 1.82) is 0 Å². The van der Waals surface area contributed by atoms with Crippen LogP contribution in [0.4, 0.5) is 5.69 Å². The smallest absolute Gasteiger partial charge is 0.181 e. The average Bonchev–Trinajstić information content (AvgIpc) is 2.66. The van der Waals surface area contributed by atoms with E-state index >= 15 is 0 Å². The Kier molecular flexibility index (Phi) is 3.94. The number of aryl methyl sites for hydroxylation is 1. The summed E-state index contributed by atoms with van der Waals surface area (Å²) in [6.07, 6.45) is 0. The number of hydrogen-bond acceptors (Lipinski definition) is 4. The molecular formula is C14H19N3O2. The molecule has 1 aromatic heterocycles. The second-order valence-electron chi connectivity index (χ2n) is 4.26. The molecule has 0 aliphatic carbocycles. The molecule has 19 heavy (non-hydrogen) atoms. The zero-order valence-electron chi connectivity index (χ0n) is 11.5. The summed E-state index contributed by atoms with van der Waals surface area (Å²) >= 11 is 0. The monoisotopic (exact) mass is 261 g/mol. The summed E-state index contributed by atoms with van der Waals surface area (Å²) < 4.78 is 12.8. The Bertz CT molecular complexity index is 547. The third kappa shape index (κ3) is 2.99. The highest BCUT2D eigenvalue weighted by Gasteiger charge is 2.08. The van der Waals surface area contributed by atoms with Crippen LogP contribution < -0.4 is 15.2 Å². The van der Waals surface area contributed by atoms with Crippen LogP contribution in [-0.2, 0) is 6.73 Å². The largest absolute Gasteiger partial charge is 0.494 e. The molecule has 5 nitrogen and oxygen atoms in total. The molecule has 0 radical (unpaired) electrons. The van der Waals surface area contributed by atoms with Gasteiger partial charge in [0.1, 0.15) is 11.5 Å². The van der Waals surface area contributed by atoms with Gasteiger partial charge in [0.25, 0.3) is 0 Å². The van der Waals surface area contributed by atoms with E-state index in [0.29, 0.717) is 13.3 Å². The second kappa shape index (κ2) is 5.65. The molecule has 1 heterocycles. The van der Waals surface area contributed by atoms with Crippen LogP contribution >= 0.6 is 0 Å². The summed E-state index contributed by atoms with van der Waals surface area (Å²) in [6, 6.07) is 7.52. The van der Waals surface area contributed by atoms with Gasteiger partial charge in [-0.3, -0.25) is 0 Å². The normalized spacial score (nSPS) is 10.5. The van der Waals surface area contributed by atoms with Crippen LogP contribution in [0, 0.1) is 13.8 Å². The van der Waals surface area contributed by atoms with E-state index in [0.717, 1.165) is 28.6 Å². The maximum atomic E-state index is 5.87. The number of rotatable bonds is 5. The molecule has 2 N–H and O–H groups in total. The molecule has 0 fully saturated rings. The van der Waals surface area contributed by atoms with Gasteiger partial charge in [0.2, 0.25) is 0 Å². The molecule has 0 aliphatic heterocycles. The molecule has 0 aliphatic rings. The quantitative estimate of drug-likeness (QED) is 0.898. The first-order valence-electron chi connectivity index (χ1n) is 6.27. The van der Waals surface area contributed by atoms with Crippen LogP contribution in [0.15, 0.2) is 24.3 Å². The van der Waals surface area contributed by atoms with E-state index in [4.69, 9.17) is 15.2 Å². The Hall–Kier alpha value is -2.17. The van der Waals surface area contributed by atoms with Gasteiger partial charge >= 0.3 is 0 Å². The van der Waals surface area contributed by atoms with Crippen LogP contribution in [0.1, 0.15) is 18.3 Å². The molecule has 5 heteroatoms. The third-order valence-electron chi connectivity index (χ3n) is 2.93. The van der Waals surface area contributed by atoms with Crippen molar-refractivity contribution in [3.05, 3.63) is 35.7 Å². The van der Waals surface area contributed by atoms with Gasteiger partial charge in [-0.15, -0.1) is 0 Å².